The summed E-state index contributed by atoms with van der Waals surface area (Å²) in [5.74, 6) is 0.479. The van der Waals surface area contributed by atoms with Gasteiger partial charge in [0.15, 0.2) is 0 Å². The highest BCUT2D eigenvalue weighted by atomic mass is 16.2. The van der Waals surface area contributed by atoms with Crippen LogP contribution >= 0.6 is 0 Å². The molecular weight excluding hydrogens is 186 g/mol. The quantitative estimate of drug-likeness (QED) is 0.665. The summed E-state index contributed by atoms with van der Waals surface area (Å²) in [6, 6.07) is 0. The van der Waals surface area contributed by atoms with E-state index in [9.17, 15) is 0 Å². The number of nitrogens with one attached hydrogen (secondary N) is 1. The number of hydrogen-bond acceptors (Lipinski definition) is 2. The first-order chi connectivity index (χ1) is 6.83. The van der Waals surface area contributed by atoms with Gasteiger partial charge < -0.3 is 10.4 Å². The van der Waals surface area contributed by atoms with Crippen molar-refractivity contribution in [2.24, 2.45) is 11.3 Å². The monoisotopic (exact) mass is 213 g/mol. The maximum Gasteiger partial charge on any atom is 0.0612 e. The Morgan fingerprint density at radius 3 is 2.13 bits per heavy atom. The minimum atomic E-state index is 0.0769. The SMILES string of the molecule is CCC(C=CCO)C(C)(C)C(C)(C)NC. The topological polar surface area (TPSA) is 32.3 Å². The number of rotatable bonds is 6. The minimum Gasteiger partial charge on any atom is -0.392 e. The van der Waals surface area contributed by atoms with E-state index in [1.165, 1.54) is 0 Å². The summed E-state index contributed by atoms with van der Waals surface area (Å²) < 4.78 is 0. The normalized spacial score (nSPS) is 15.9. The van der Waals surface area contributed by atoms with Crippen LogP contribution in [0, 0.1) is 11.3 Å². The molecule has 0 aromatic rings. The molecule has 0 radical (unpaired) electrons. The average Bonchev–Trinajstić information content (AvgIpc) is 2.18. The van der Waals surface area contributed by atoms with Gasteiger partial charge in [-0.2, -0.15) is 0 Å². The summed E-state index contributed by atoms with van der Waals surface area (Å²) >= 11 is 0. The van der Waals surface area contributed by atoms with Gasteiger partial charge in [0.2, 0.25) is 0 Å². The Hall–Kier alpha value is -0.340. The van der Waals surface area contributed by atoms with Gasteiger partial charge in [-0.15, -0.1) is 0 Å². The summed E-state index contributed by atoms with van der Waals surface area (Å²) in [6.45, 7) is 11.3. The molecular formula is C13H27NO. The molecule has 0 bridgehead atoms. The predicted molar refractivity (Wildman–Crippen MR) is 66.9 cm³/mol. The van der Waals surface area contributed by atoms with Crippen molar-refractivity contribution in [3.05, 3.63) is 12.2 Å². The van der Waals surface area contributed by atoms with Crippen LogP contribution in [0.25, 0.3) is 0 Å². The standard InChI is InChI=1S/C13H27NO/c1-7-11(9-8-10-15)12(2,3)13(4,5)14-6/h8-9,11,14-15H,7,10H2,1-6H3. The lowest BCUT2D eigenvalue weighted by atomic mass is 9.65. The van der Waals surface area contributed by atoms with Gasteiger partial charge in [0.1, 0.15) is 0 Å². The van der Waals surface area contributed by atoms with E-state index in [1.807, 2.05) is 13.1 Å². The molecule has 1 atom stereocenters. The molecule has 2 nitrogen and oxygen atoms in total. The van der Waals surface area contributed by atoms with Gasteiger partial charge in [0.05, 0.1) is 6.61 Å². The molecule has 0 amide bonds. The molecule has 0 spiro atoms. The van der Waals surface area contributed by atoms with E-state index in [1.54, 1.807) is 0 Å². The zero-order chi connectivity index (χ0) is 12.1. The zero-order valence-corrected chi connectivity index (χ0v) is 11.1. The molecule has 0 aromatic heterocycles. The van der Waals surface area contributed by atoms with E-state index < -0.39 is 0 Å². The molecule has 15 heavy (non-hydrogen) atoms. The third-order valence-electron chi connectivity index (χ3n) is 4.08. The van der Waals surface area contributed by atoms with E-state index >= 15 is 0 Å². The molecule has 1 unspecified atom stereocenters. The molecule has 0 aliphatic heterocycles. The third-order valence-corrected chi connectivity index (χ3v) is 4.08. The molecule has 0 fully saturated rings. The van der Waals surface area contributed by atoms with Gasteiger partial charge in [0.25, 0.3) is 0 Å². The molecule has 2 heteroatoms. The Balaban J connectivity index is 4.87. The highest BCUT2D eigenvalue weighted by molar-refractivity contribution is 5.03. The largest absolute Gasteiger partial charge is 0.392 e. The van der Waals surface area contributed by atoms with Crippen LogP contribution in [0.4, 0.5) is 0 Å². The van der Waals surface area contributed by atoms with E-state index in [4.69, 9.17) is 5.11 Å². The van der Waals surface area contributed by atoms with Gasteiger partial charge in [-0.05, 0) is 38.6 Å². The fraction of sp³-hybridized carbons (Fsp3) is 0.846. The highest BCUT2D eigenvalue weighted by Gasteiger charge is 2.40. The third kappa shape index (κ3) is 3.32. The van der Waals surface area contributed by atoms with E-state index in [2.05, 4.69) is 46.0 Å². The molecule has 0 rings (SSSR count). The molecule has 0 heterocycles. The Morgan fingerprint density at radius 1 is 1.27 bits per heavy atom. The summed E-state index contributed by atoms with van der Waals surface area (Å²) in [6.07, 6.45) is 5.08. The van der Waals surface area contributed by atoms with Crippen LogP contribution in [0.15, 0.2) is 12.2 Å². The van der Waals surface area contributed by atoms with Gasteiger partial charge in [-0.3, -0.25) is 0 Å². The summed E-state index contributed by atoms with van der Waals surface area (Å²) in [5.41, 5.74) is 0.232. The Kier molecular flexibility index (Phi) is 5.54. The fourth-order valence-corrected chi connectivity index (χ4v) is 1.90. The molecule has 2 N–H and O–H groups in total. The zero-order valence-electron chi connectivity index (χ0n) is 11.1. The van der Waals surface area contributed by atoms with E-state index in [0.717, 1.165) is 6.42 Å². The molecule has 0 saturated heterocycles. The second-order valence-corrected chi connectivity index (χ2v) is 5.22. The molecule has 0 aliphatic rings. The number of aliphatic hydroxyl groups excluding tert-OH is 1. The minimum absolute atomic E-state index is 0.0769. The van der Waals surface area contributed by atoms with Crippen molar-refractivity contribution in [1.82, 2.24) is 5.32 Å². The van der Waals surface area contributed by atoms with Crippen molar-refractivity contribution >= 4 is 0 Å². The Morgan fingerprint density at radius 2 is 1.80 bits per heavy atom. The number of hydrogen-bond donors (Lipinski definition) is 2. The van der Waals surface area contributed by atoms with Crippen LogP contribution in [-0.2, 0) is 0 Å². The first-order valence-corrected chi connectivity index (χ1v) is 5.80. The smallest absolute Gasteiger partial charge is 0.0612 e. The summed E-state index contributed by atoms with van der Waals surface area (Å²) in [4.78, 5) is 0. The maximum absolute atomic E-state index is 8.83. The molecule has 0 aliphatic carbocycles. The summed E-state index contributed by atoms with van der Waals surface area (Å²) in [7, 11) is 2.00. The average molecular weight is 213 g/mol. The number of allylic oxidation sites excluding steroid dienone is 1. The molecule has 0 aromatic carbocycles. The van der Waals surface area contributed by atoms with Crippen LogP contribution < -0.4 is 5.32 Å². The van der Waals surface area contributed by atoms with Crippen molar-refractivity contribution in [3.8, 4) is 0 Å². The lowest BCUT2D eigenvalue weighted by molar-refractivity contribution is 0.106. The van der Waals surface area contributed by atoms with Crippen molar-refractivity contribution in [3.63, 3.8) is 0 Å². The van der Waals surface area contributed by atoms with Crippen LogP contribution in [0.5, 0.6) is 0 Å². The van der Waals surface area contributed by atoms with Crippen LogP contribution in [0.1, 0.15) is 41.0 Å². The molecule has 0 saturated carbocycles. The Labute approximate surface area is 94.8 Å². The van der Waals surface area contributed by atoms with Crippen molar-refractivity contribution < 1.29 is 5.11 Å². The molecule has 90 valence electrons. The van der Waals surface area contributed by atoms with Crippen LogP contribution in [-0.4, -0.2) is 24.3 Å². The van der Waals surface area contributed by atoms with Crippen molar-refractivity contribution in [2.45, 2.75) is 46.6 Å². The lowest BCUT2D eigenvalue weighted by Crippen LogP contribution is -2.52. The number of aliphatic hydroxyl groups is 1. The van der Waals surface area contributed by atoms with Gasteiger partial charge in [-0.25, -0.2) is 0 Å². The van der Waals surface area contributed by atoms with Gasteiger partial charge in [-0.1, -0.05) is 32.9 Å². The van der Waals surface area contributed by atoms with Crippen molar-refractivity contribution in [2.75, 3.05) is 13.7 Å². The van der Waals surface area contributed by atoms with Crippen LogP contribution in [0.3, 0.4) is 0 Å². The fourth-order valence-electron chi connectivity index (χ4n) is 1.90. The van der Waals surface area contributed by atoms with Gasteiger partial charge >= 0.3 is 0 Å². The maximum atomic E-state index is 8.83. The van der Waals surface area contributed by atoms with E-state index in [-0.39, 0.29) is 17.6 Å². The van der Waals surface area contributed by atoms with Gasteiger partial charge in [0, 0.05) is 5.54 Å². The first-order valence-electron chi connectivity index (χ1n) is 5.80. The summed E-state index contributed by atoms with van der Waals surface area (Å²) in [5, 5.41) is 12.2. The second-order valence-electron chi connectivity index (χ2n) is 5.22. The Bertz CT molecular complexity index is 207. The van der Waals surface area contributed by atoms with Crippen LogP contribution in [0.2, 0.25) is 0 Å². The first kappa shape index (κ1) is 14.7. The second kappa shape index (κ2) is 5.66. The lowest BCUT2D eigenvalue weighted by Gasteiger charge is -2.46. The highest BCUT2D eigenvalue weighted by Crippen LogP contribution is 2.40. The van der Waals surface area contributed by atoms with Crippen molar-refractivity contribution in [1.29, 1.82) is 0 Å². The predicted octanol–water partition coefficient (Wildman–Crippen LogP) is 2.59. The van der Waals surface area contributed by atoms with E-state index in [0.29, 0.717) is 5.92 Å².